The lowest BCUT2D eigenvalue weighted by Crippen LogP contribution is -2.06. The topological polar surface area (TPSA) is 0 Å². The number of thioether (sulfide) groups is 1. The molecule has 0 heterocycles. The highest BCUT2D eigenvalue weighted by atomic mass is 79.9. The van der Waals surface area contributed by atoms with Gasteiger partial charge in [-0.2, -0.15) is 0 Å². The summed E-state index contributed by atoms with van der Waals surface area (Å²) in [4.78, 5) is 2.06. The van der Waals surface area contributed by atoms with Gasteiger partial charge in [-0.1, -0.05) is 48.0 Å². The largest absolute Gasteiger partial charge is 0.126 e. The second kappa shape index (κ2) is 7.34. The molecule has 15 heavy (non-hydrogen) atoms. The maximum atomic E-state index is 3.72. The van der Waals surface area contributed by atoms with Gasteiger partial charge in [-0.15, -0.1) is 11.8 Å². The fourth-order valence-corrected chi connectivity index (χ4v) is 2.54. The zero-order valence-electron chi connectivity index (χ0n) is 9.45. The van der Waals surface area contributed by atoms with Gasteiger partial charge in [-0.25, -0.2) is 0 Å². The first-order chi connectivity index (χ1) is 7.20. The van der Waals surface area contributed by atoms with E-state index >= 15 is 0 Å². The molecule has 0 saturated heterocycles. The lowest BCUT2D eigenvalue weighted by atomic mass is 10.1. The van der Waals surface area contributed by atoms with Crippen LogP contribution in [0.25, 0.3) is 0 Å². The molecule has 1 aromatic rings. The molecular weight excluding hydrogens is 268 g/mol. The maximum absolute atomic E-state index is 3.72. The Morgan fingerprint density at radius 2 is 1.87 bits per heavy atom. The Kier molecular flexibility index (Phi) is 6.42. The standard InChI is InChI=1S/C13H19BrS/c1-11(2)13(14)9-6-10-15-12-7-4-3-5-8-12/h3-5,7-8,11,13H,6,9-10H2,1-2H3. The first-order valence-electron chi connectivity index (χ1n) is 5.52. The van der Waals surface area contributed by atoms with Gasteiger partial charge in [0.2, 0.25) is 0 Å². The minimum Gasteiger partial charge on any atom is -0.126 e. The summed E-state index contributed by atoms with van der Waals surface area (Å²) < 4.78 is 0. The van der Waals surface area contributed by atoms with E-state index in [9.17, 15) is 0 Å². The number of hydrogen-bond acceptors (Lipinski definition) is 1. The summed E-state index contributed by atoms with van der Waals surface area (Å²) in [6.45, 7) is 4.54. The molecule has 0 spiro atoms. The van der Waals surface area contributed by atoms with Gasteiger partial charge < -0.3 is 0 Å². The maximum Gasteiger partial charge on any atom is 0.0169 e. The van der Waals surface area contributed by atoms with E-state index in [2.05, 4.69) is 60.1 Å². The van der Waals surface area contributed by atoms with E-state index in [1.54, 1.807) is 0 Å². The third-order valence-electron chi connectivity index (χ3n) is 2.36. The molecule has 1 rings (SSSR count). The van der Waals surface area contributed by atoms with E-state index in [1.807, 2.05) is 11.8 Å². The van der Waals surface area contributed by atoms with Gasteiger partial charge in [0.15, 0.2) is 0 Å². The fourth-order valence-electron chi connectivity index (χ4n) is 1.32. The highest BCUT2D eigenvalue weighted by Gasteiger charge is 2.07. The normalized spacial score (nSPS) is 13.1. The molecule has 0 aliphatic heterocycles. The van der Waals surface area contributed by atoms with Gasteiger partial charge in [-0.05, 0) is 36.6 Å². The molecule has 1 unspecified atom stereocenters. The average Bonchev–Trinajstić information content (AvgIpc) is 2.25. The molecule has 0 aliphatic rings. The van der Waals surface area contributed by atoms with Crippen LogP contribution in [0, 0.1) is 5.92 Å². The highest BCUT2D eigenvalue weighted by Crippen LogP contribution is 2.22. The van der Waals surface area contributed by atoms with Crippen molar-refractivity contribution in [2.45, 2.75) is 36.4 Å². The van der Waals surface area contributed by atoms with Gasteiger partial charge in [0.1, 0.15) is 0 Å². The summed E-state index contributed by atoms with van der Waals surface area (Å²) in [7, 11) is 0. The average molecular weight is 287 g/mol. The zero-order valence-corrected chi connectivity index (χ0v) is 11.9. The predicted molar refractivity (Wildman–Crippen MR) is 74.0 cm³/mol. The van der Waals surface area contributed by atoms with Crippen LogP contribution in [0.2, 0.25) is 0 Å². The van der Waals surface area contributed by atoms with Gasteiger partial charge >= 0.3 is 0 Å². The molecule has 0 aliphatic carbocycles. The quantitative estimate of drug-likeness (QED) is 0.404. The monoisotopic (exact) mass is 286 g/mol. The van der Waals surface area contributed by atoms with Gasteiger partial charge in [0, 0.05) is 9.72 Å². The van der Waals surface area contributed by atoms with E-state index in [0.717, 1.165) is 5.92 Å². The van der Waals surface area contributed by atoms with Crippen molar-refractivity contribution in [3.63, 3.8) is 0 Å². The fraction of sp³-hybridized carbons (Fsp3) is 0.538. The molecule has 0 radical (unpaired) electrons. The van der Waals surface area contributed by atoms with E-state index in [1.165, 1.54) is 23.5 Å². The molecule has 0 amide bonds. The van der Waals surface area contributed by atoms with Crippen molar-refractivity contribution < 1.29 is 0 Å². The van der Waals surface area contributed by atoms with Gasteiger partial charge in [-0.3, -0.25) is 0 Å². The first kappa shape index (κ1) is 13.1. The molecule has 0 nitrogen and oxygen atoms in total. The molecule has 84 valence electrons. The smallest absolute Gasteiger partial charge is 0.0169 e. The summed E-state index contributed by atoms with van der Waals surface area (Å²) in [5.74, 6) is 1.96. The number of rotatable bonds is 6. The summed E-state index contributed by atoms with van der Waals surface area (Å²) in [6.07, 6.45) is 2.56. The lowest BCUT2D eigenvalue weighted by molar-refractivity contribution is 0.577. The predicted octanol–water partition coefficient (Wildman–Crippen LogP) is 4.98. The van der Waals surface area contributed by atoms with Crippen LogP contribution < -0.4 is 0 Å². The summed E-state index contributed by atoms with van der Waals surface area (Å²) >= 11 is 5.67. The van der Waals surface area contributed by atoms with Crippen LogP contribution in [-0.2, 0) is 0 Å². The van der Waals surface area contributed by atoms with Crippen LogP contribution in [0.4, 0.5) is 0 Å². The Bertz CT molecular complexity index is 258. The van der Waals surface area contributed by atoms with Gasteiger partial charge in [0.25, 0.3) is 0 Å². The third-order valence-corrected chi connectivity index (χ3v) is 4.97. The molecule has 0 saturated carbocycles. The molecule has 0 N–H and O–H groups in total. The molecule has 2 heteroatoms. The molecule has 0 aromatic heterocycles. The Balaban J connectivity index is 2.12. The second-order valence-electron chi connectivity index (χ2n) is 4.06. The summed E-state index contributed by atoms with van der Waals surface area (Å²) in [5, 5.41) is 0. The summed E-state index contributed by atoms with van der Waals surface area (Å²) in [5.41, 5.74) is 0. The van der Waals surface area contributed by atoms with Crippen molar-refractivity contribution in [2.75, 3.05) is 5.75 Å². The van der Waals surface area contributed by atoms with Crippen LogP contribution in [0.15, 0.2) is 35.2 Å². The van der Waals surface area contributed by atoms with E-state index < -0.39 is 0 Å². The SMILES string of the molecule is CC(C)C(Br)CCCSc1ccccc1. The molecule has 0 bridgehead atoms. The van der Waals surface area contributed by atoms with Crippen LogP contribution in [0.3, 0.4) is 0 Å². The van der Waals surface area contributed by atoms with Crippen molar-refractivity contribution in [3.05, 3.63) is 30.3 Å². The minimum atomic E-state index is 0.675. The van der Waals surface area contributed by atoms with E-state index in [-0.39, 0.29) is 0 Å². The number of benzene rings is 1. The van der Waals surface area contributed by atoms with Crippen LogP contribution >= 0.6 is 27.7 Å². The number of hydrogen-bond donors (Lipinski definition) is 0. The van der Waals surface area contributed by atoms with Crippen molar-refractivity contribution >= 4 is 27.7 Å². The van der Waals surface area contributed by atoms with E-state index in [0.29, 0.717) is 4.83 Å². The van der Waals surface area contributed by atoms with Gasteiger partial charge in [0.05, 0.1) is 0 Å². The molecular formula is C13H19BrS. The van der Waals surface area contributed by atoms with Crippen LogP contribution in [0.1, 0.15) is 26.7 Å². The van der Waals surface area contributed by atoms with Crippen molar-refractivity contribution in [2.24, 2.45) is 5.92 Å². The highest BCUT2D eigenvalue weighted by molar-refractivity contribution is 9.09. The Morgan fingerprint density at radius 1 is 1.20 bits per heavy atom. The van der Waals surface area contributed by atoms with Crippen molar-refractivity contribution in [1.82, 2.24) is 0 Å². The van der Waals surface area contributed by atoms with Crippen molar-refractivity contribution in [3.8, 4) is 0 Å². The Morgan fingerprint density at radius 3 is 2.47 bits per heavy atom. The van der Waals surface area contributed by atoms with Crippen LogP contribution in [-0.4, -0.2) is 10.6 Å². The van der Waals surface area contributed by atoms with Crippen molar-refractivity contribution in [1.29, 1.82) is 0 Å². The molecule has 1 aromatic carbocycles. The van der Waals surface area contributed by atoms with Crippen LogP contribution in [0.5, 0.6) is 0 Å². The first-order valence-corrected chi connectivity index (χ1v) is 7.42. The Hall–Kier alpha value is 0.0500. The second-order valence-corrected chi connectivity index (χ2v) is 6.41. The molecule has 1 atom stereocenters. The van der Waals surface area contributed by atoms with E-state index in [4.69, 9.17) is 0 Å². The summed E-state index contributed by atoms with van der Waals surface area (Å²) in [6, 6.07) is 10.6. The molecule has 0 fully saturated rings. The number of halogens is 1. The minimum absolute atomic E-state index is 0.675. The zero-order chi connectivity index (χ0) is 11.1. The lowest BCUT2D eigenvalue weighted by Gasteiger charge is -2.12. The number of alkyl halides is 1. The Labute approximate surface area is 106 Å². The third kappa shape index (κ3) is 5.62.